The Kier molecular flexibility index (Phi) is 4.88. The van der Waals surface area contributed by atoms with Gasteiger partial charge in [0.2, 0.25) is 0 Å². The summed E-state index contributed by atoms with van der Waals surface area (Å²) >= 11 is 0. The lowest BCUT2D eigenvalue weighted by atomic mass is 10.1. The molecule has 6 heteroatoms. The quantitative estimate of drug-likeness (QED) is 0.778. The van der Waals surface area contributed by atoms with Gasteiger partial charge in [-0.1, -0.05) is 12.1 Å². The van der Waals surface area contributed by atoms with Crippen molar-refractivity contribution in [3.05, 3.63) is 77.1 Å². The second-order valence-electron chi connectivity index (χ2n) is 6.11. The number of aryl methyl sites for hydroxylation is 2. The molecule has 3 aromatic rings. The summed E-state index contributed by atoms with van der Waals surface area (Å²) in [6.07, 6.45) is 4.88. The number of amides is 1. The van der Waals surface area contributed by atoms with Crippen LogP contribution in [0.5, 0.6) is 0 Å². The van der Waals surface area contributed by atoms with Crippen LogP contribution >= 0.6 is 0 Å². The van der Waals surface area contributed by atoms with Crippen LogP contribution in [0.15, 0.2) is 48.9 Å². The van der Waals surface area contributed by atoms with E-state index in [-0.39, 0.29) is 11.9 Å². The van der Waals surface area contributed by atoms with E-state index < -0.39 is 0 Å². The first kappa shape index (κ1) is 16.8. The lowest BCUT2D eigenvalue weighted by Gasteiger charge is -2.13. The van der Waals surface area contributed by atoms with Crippen molar-refractivity contribution in [3.8, 4) is 0 Å². The minimum absolute atomic E-state index is 0.129. The molecule has 0 spiro atoms. The molecule has 0 unspecified atom stereocenters. The van der Waals surface area contributed by atoms with Crippen LogP contribution in [0.1, 0.15) is 46.0 Å². The molecule has 0 fully saturated rings. The summed E-state index contributed by atoms with van der Waals surface area (Å²) in [5.41, 5.74) is 4.58. The number of nitrogens with one attached hydrogen (secondary N) is 1. The summed E-state index contributed by atoms with van der Waals surface area (Å²) in [6, 6.07) is 9.43. The second-order valence-corrected chi connectivity index (χ2v) is 6.11. The van der Waals surface area contributed by atoms with E-state index >= 15 is 0 Å². The predicted octanol–water partition coefficient (Wildman–Crippen LogP) is 2.83. The molecule has 2 aromatic heterocycles. The van der Waals surface area contributed by atoms with E-state index in [0.717, 1.165) is 22.6 Å². The van der Waals surface area contributed by atoms with Crippen LogP contribution in [0.4, 0.5) is 0 Å². The summed E-state index contributed by atoms with van der Waals surface area (Å²) in [4.78, 5) is 20.6. The van der Waals surface area contributed by atoms with Crippen LogP contribution in [0.25, 0.3) is 0 Å². The minimum atomic E-state index is -0.199. The number of rotatable bonds is 5. The van der Waals surface area contributed by atoms with Crippen molar-refractivity contribution in [1.82, 2.24) is 25.1 Å². The fourth-order valence-electron chi connectivity index (χ4n) is 2.66. The zero-order valence-corrected chi connectivity index (χ0v) is 14.6. The Labute approximate surface area is 146 Å². The molecule has 0 aliphatic rings. The van der Waals surface area contributed by atoms with Gasteiger partial charge in [-0.3, -0.25) is 19.4 Å². The highest BCUT2D eigenvalue weighted by Crippen LogP contribution is 2.12. The third kappa shape index (κ3) is 4.09. The third-order valence-corrected chi connectivity index (χ3v) is 4.03. The van der Waals surface area contributed by atoms with Gasteiger partial charge in [0.25, 0.3) is 5.91 Å². The van der Waals surface area contributed by atoms with Gasteiger partial charge in [0.05, 0.1) is 30.2 Å². The molecule has 0 saturated heterocycles. The normalized spacial score (nSPS) is 12.0. The summed E-state index contributed by atoms with van der Waals surface area (Å²) in [5.74, 6) is -0.129. The molecule has 0 aliphatic carbocycles. The van der Waals surface area contributed by atoms with E-state index in [2.05, 4.69) is 26.4 Å². The summed E-state index contributed by atoms with van der Waals surface area (Å²) in [6.45, 7) is 6.60. The highest BCUT2D eigenvalue weighted by atomic mass is 16.1. The molecule has 2 heterocycles. The van der Waals surface area contributed by atoms with Gasteiger partial charge in [-0.25, -0.2) is 0 Å². The molecule has 1 amide bonds. The van der Waals surface area contributed by atoms with Crippen molar-refractivity contribution in [1.29, 1.82) is 0 Å². The molecule has 128 valence electrons. The van der Waals surface area contributed by atoms with Crippen LogP contribution in [0.3, 0.4) is 0 Å². The fraction of sp³-hybridized carbons (Fsp3) is 0.263. The minimum Gasteiger partial charge on any atom is -0.344 e. The maximum Gasteiger partial charge on any atom is 0.251 e. The number of aromatic nitrogens is 4. The average molecular weight is 335 g/mol. The van der Waals surface area contributed by atoms with Gasteiger partial charge in [0.15, 0.2) is 0 Å². The maximum absolute atomic E-state index is 12.4. The SMILES string of the molecule is Cc1cc(C)n(Cc2ccc(C(=O)N[C@@H](C)c3cnccn3)cc2)n1. The Balaban J connectivity index is 1.65. The van der Waals surface area contributed by atoms with Crippen molar-refractivity contribution in [2.45, 2.75) is 33.4 Å². The lowest BCUT2D eigenvalue weighted by Crippen LogP contribution is -2.27. The largest absolute Gasteiger partial charge is 0.344 e. The van der Waals surface area contributed by atoms with Crippen LogP contribution in [0.2, 0.25) is 0 Å². The Hall–Kier alpha value is -3.02. The molecule has 0 radical (unpaired) electrons. The molecule has 1 N–H and O–H groups in total. The first-order valence-corrected chi connectivity index (χ1v) is 8.19. The van der Waals surface area contributed by atoms with E-state index in [0.29, 0.717) is 12.1 Å². The second kappa shape index (κ2) is 7.25. The highest BCUT2D eigenvalue weighted by molar-refractivity contribution is 5.94. The Morgan fingerprint density at radius 3 is 2.56 bits per heavy atom. The van der Waals surface area contributed by atoms with E-state index in [4.69, 9.17) is 0 Å². The number of nitrogens with zero attached hydrogens (tertiary/aromatic N) is 4. The number of hydrogen-bond donors (Lipinski definition) is 1. The Morgan fingerprint density at radius 2 is 1.96 bits per heavy atom. The molecular formula is C19H21N5O. The topological polar surface area (TPSA) is 72.7 Å². The van der Waals surface area contributed by atoms with E-state index in [9.17, 15) is 4.79 Å². The summed E-state index contributed by atoms with van der Waals surface area (Å²) in [7, 11) is 0. The zero-order valence-electron chi connectivity index (χ0n) is 14.6. The van der Waals surface area contributed by atoms with Gasteiger partial charge < -0.3 is 5.32 Å². The number of benzene rings is 1. The van der Waals surface area contributed by atoms with Crippen LogP contribution in [0, 0.1) is 13.8 Å². The van der Waals surface area contributed by atoms with Gasteiger partial charge in [-0.2, -0.15) is 5.10 Å². The highest BCUT2D eigenvalue weighted by Gasteiger charge is 2.12. The zero-order chi connectivity index (χ0) is 17.8. The maximum atomic E-state index is 12.4. The molecule has 0 bridgehead atoms. The number of carbonyl (C=O) groups excluding carboxylic acids is 1. The smallest absolute Gasteiger partial charge is 0.251 e. The molecule has 1 aromatic carbocycles. The van der Waals surface area contributed by atoms with Crippen LogP contribution in [-0.4, -0.2) is 25.7 Å². The van der Waals surface area contributed by atoms with Crippen LogP contribution < -0.4 is 5.32 Å². The van der Waals surface area contributed by atoms with E-state index in [1.54, 1.807) is 18.6 Å². The van der Waals surface area contributed by atoms with Crippen molar-refractivity contribution in [2.75, 3.05) is 0 Å². The molecule has 6 nitrogen and oxygen atoms in total. The van der Waals surface area contributed by atoms with Crippen molar-refractivity contribution >= 4 is 5.91 Å². The van der Waals surface area contributed by atoms with Crippen molar-refractivity contribution in [2.24, 2.45) is 0 Å². The molecule has 0 aliphatic heterocycles. The standard InChI is InChI=1S/C19H21N5O/c1-13-10-14(2)24(23-13)12-16-4-6-17(7-5-16)19(25)22-15(3)18-11-20-8-9-21-18/h4-11,15H,12H2,1-3H3,(H,22,25)/t15-/m0/s1. The molecule has 1 atom stereocenters. The van der Waals surface area contributed by atoms with Gasteiger partial charge in [0, 0.05) is 23.7 Å². The van der Waals surface area contributed by atoms with Crippen LogP contribution in [-0.2, 0) is 6.54 Å². The van der Waals surface area contributed by atoms with Gasteiger partial charge in [0.1, 0.15) is 0 Å². The number of carbonyl (C=O) groups is 1. The Bertz CT molecular complexity index is 855. The van der Waals surface area contributed by atoms with Gasteiger partial charge in [-0.05, 0) is 44.5 Å². The van der Waals surface area contributed by atoms with Crippen molar-refractivity contribution in [3.63, 3.8) is 0 Å². The molecule has 0 saturated carbocycles. The molecule has 25 heavy (non-hydrogen) atoms. The molecular weight excluding hydrogens is 314 g/mol. The lowest BCUT2D eigenvalue weighted by molar-refractivity contribution is 0.0939. The van der Waals surface area contributed by atoms with Gasteiger partial charge >= 0.3 is 0 Å². The fourth-order valence-corrected chi connectivity index (χ4v) is 2.66. The first-order chi connectivity index (χ1) is 12.0. The monoisotopic (exact) mass is 335 g/mol. The third-order valence-electron chi connectivity index (χ3n) is 4.03. The summed E-state index contributed by atoms with van der Waals surface area (Å²) in [5, 5.41) is 7.40. The van der Waals surface area contributed by atoms with E-state index in [1.807, 2.05) is 49.7 Å². The first-order valence-electron chi connectivity index (χ1n) is 8.19. The van der Waals surface area contributed by atoms with Crippen molar-refractivity contribution < 1.29 is 4.79 Å². The Morgan fingerprint density at radius 1 is 1.20 bits per heavy atom. The van der Waals surface area contributed by atoms with E-state index in [1.165, 1.54) is 0 Å². The van der Waals surface area contributed by atoms with Gasteiger partial charge in [-0.15, -0.1) is 0 Å². The summed E-state index contributed by atoms with van der Waals surface area (Å²) < 4.78 is 1.96. The predicted molar refractivity (Wildman–Crippen MR) is 95.2 cm³/mol. The molecule has 3 rings (SSSR count). The number of hydrogen-bond acceptors (Lipinski definition) is 4. The average Bonchev–Trinajstić information content (AvgIpc) is 2.93.